The lowest BCUT2D eigenvalue weighted by atomic mass is 10.2. The molecule has 0 aliphatic heterocycles. The van der Waals surface area contributed by atoms with Gasteiger partial charge in [-0.2, -0.15) is 16.3 Å². The number of carbonyl (C=O) groups excluding carboxylic acids is 1. The summed E-state index contributed by atoms with van der Waals surface area (Å²) in [5.41, 5.74) is 1.71. The van der Waals surface area contributed by atoms with Crippen molar-refractivity contribution in [1.82, 2.24) is 10.1 Å². The molecule has 0 bridgehead atoms. The minimum absolute atomic E-state index is 0.0381. The van der Waals surface area contributed by atoms with E-state index in [1.54, 1.807) is 24.3 Å². The van der Waals surface area contributed by atoms with E-state index in [9.17, 15) is 4.79 Å². The summed E-state index contributed by atoms with van der Waals surface area (Å²) in [6, 6.07) is 8.96. The van der Waals surface area contributed by atoms with Crippen molar-refractivity contribution in [2.75, 3.05) is 0 Å². The maximum atomic E-state index is 11.7. The van der Waals surface area contributed by atoms with Gasteiger partial charge in [-0.05, 0) is 46.7 Å². The van der Waals surface area contributed by atoms with Gasteiger partial charge < -0.3 is 9.26 Å². The quantitative estimate of drug-likeness (QED) is 0.665. The fraction of sp³-hybridized carbons (Fsp3) is 0.133. The zero-order valence-electron chi connectivity index (χ0n) is 11.4. The van der Waals surface area contributed by atoms with Crippen molar-refractivity contribution in [2.24, 2.45) is 0 Å². The molecule has 0 atom stereocenters. The number of thiophene rings is 1. The zero-order valence-corrected chi connectivity index (χ0v) is 12.9. The van der Waals surface area contributed by atoms with Gasteiger partial charge in [-0.1, -0.05) is 16.8 Å². The molecule has 2 aromatic heterocycles. The molecule has 5 nitrogen and oxygen atoms in total. The van der Waals surface area contributed by atoms with E-state index in [-0.39, 0.29) is 24.9 Å². The maximum Gasteiger partial charge on any atom is 0.310 e. The van der Waals surface area contributed by atoms with Gasteiger partial charge in [-0.15, -0.1) is 0 Å². The molecular weight excluding hydrogens is 324 g/mol. The number of hydrogen-bond acceptors (Lipinski definition) is 6. The molecule has 3 rings (SSSR count). The molecule has 0 unspecified atom stereocenters. The van der Waals surface area contributed by atoms with Crippen LogP contribution in [0.2, 0.25) is 5.02 Å². The first kappa shape index (κ1) is 14.7. The van der Waals surface area contributed by atoms with Crippen molar-refractivity contribution in [3.8, 4) is 11.4 Å². The molecule has 0 spiro atoms. The summed E-state index contributed by atoms with van der Waals surface area (Å²) in [5, 5.41) is 8.31. The third kappa shape index (κ3) is 3.72. The van der Waals surface area contributed by atoms with E-state index >= 15 is 0 Å². The molecular formula is C15H11ClN2O3S. The molecule has 0 saturated carbocycles. The molecule has 1 aromatic carbocycles. The number of hydrogen-bond donors (Lipinski definition) is 0. The SMILES string of the molecule is O=C(Cc1ccsc1)OCc1nc(-c2ccc(Cl)cc2)no1. The summed E-state index contributed by atoms with van der Waals surface area (Å²) >= 11 is 7.37. The second-order valence-electron chi connectivity index (χ2n) is 4.49. The van der Waals surface area contributed by atoms with Crippen molar-refractivity contribution in [3.05, 3.63) is 57.6 Å². The largest absolute Gasteiger partial charge is 0.455 e. The number of esters is 1. The average Bonchev–Trinajstić information content (AvgIpc) is 3.17. The molecule has 0 fully saturated rings. The standard InChI is InChI=1S/C15H11ClN2O3S/c16-12-3-1-11(2-4-12)15-17-13(21-18-15)8-20-14(19)7-10-5-6-22-9-10/h1-6,9H,7-8H2. The third-order valence-electron chi connectivity index (χ3n) is 2.86. The van der Waals surface area contributed by atoms with Crippen LogP contribution in [-0.4, -0.2) is 16.1 Å². The van der Waals surface area contributed by atoms with Crippen LogP contribution in [0.1, 0.15) is 11.5 Å². The van der Waals surface area contributed by atoms with Crippen LogP contribution in [0.15, 0.2) is 45.6 Å². The second-order valence-corrected chi connectivity index (χ2v) is 5.70. The minimum Gasteiger partial charge on any atom is -0.455 e. The van der Waals surface area contributed by atoms with Crippen LogP contribution in [0.25, 0.3) is 11.4 Å². The van der Waals surface area contributed by atoms with Crippen LogP contribution < -0.4 is 0 Å². The molecule has 0 N–H and O–H groups in total. The summed E-state index contributed by atoms with van der Waals surface area (Å²) < 4.78 is 10.2. The number of rotatable bonds is 5. The van der Waals surface area contributed by atoms with Crippen LogP contribution in [0.3, 0.4) is 0 Å². The van der Waals surface area contributed by atoms with Crippen LogP contribution in [0, 0.1) is 0 Å². The molecule has 0 saturated heterocycles. The molecule has 22 heavy (non-hydrogen) atoms. The van der Waals surface area contributed by atoms with Crippen LogP contribution >= 0.6 is 22.9 Å². The molecule has 112 valence electrons. The average molecular weight is 335 g/mol. The summed E-state index contributed by atoms with van der Waals surface area (Å²) in [6.45, 7) is -0.0381. The number of nitrogens with zero attached hydrogens (tertiary/aromatic N) is 2. The normalized spacial score (nSPS) is 10.6. The summed E-state index contributed by atoms with van der Waals surface area (Å²) in [7, 11) is 0. The van der Waals surface area contributed by atoms with Crippen LogP contribution in [0.5, 0.6) is 0 Å². The molecule has 3 aromatic rings. The Bertz CT molecular complexity index is 753. The van der Waals surface area contributed by atoms with E-state index in [0.717, 1.165) is 11.1 Å². The highest BCUT2D eigenvalue weighted by Crippen LogP contribution is 2.19. The van der Waals surface area contributed by atoms with Gasteiger partial charge in [-0.25, -0.2) is 0 Å². The van der Waals surface area contributed by atoms with Crippen molar-refractivity contribution in [3.63, 3.8) is 0 Å². The van der Waals surface area contributed by atoms with Gasteiger partial charge >= 0.3 is 5.97 Å². The Labute approximate surface area is 135 Å². The minimum atomic E-state index is -0.329. The first-order chi connectivity index (χ1) is 10.7. The number of halogens is 1. The third-order valence-corrected chi connectivity index (χ3v) is 3.84. The Morgan fingerprint density at radius 3 is 2.82 bits per heavy atom. The fourth-order valence-corrected chi connectivity index (χ4v) is 2.58. The van der Waals surface area contributed by atoms with E-state index in [1.165, 1.54) is 11.3 Å². The molecule has 0 amide bonds. The molecule has 0 aliphatic carbocycles. The Kier molecular flexibility index (Phi) is 4.50. The van der Waals surface area contributed by atoms with Gasteiger partial charge in [0.25, 0.3) is 5.89 Å². The highest BCUT2D eigenvalue weighted by atomic mass is 35.5. The van der Waals surface area contributed by atoms with Crippen molar-refractivity contribution < 1.29 is 14.1 Å². The number of aromatic nitrogens is 2. The fourth-order valence-electron chi connectivity index (χ4n) is 1.78. The van der Waals surface area contributed by atoms with Gasteiger partial charge in [0, 0.05) is 10.6 Å². The van der Waals surface area contributed by atoms with Crippen LogP contribution in [0.4, 0.5) is 0 Å². The van der Waals surface area contributed by atoms with Gasteiger partial charge in [0.1, 0.15) is 0 Å². The topological polar surface area (TPSA) is 65.2 Å². The predicted molar refractivity (Wildman–Crippen MR) is 82.6 cm³/mol. The van der Waals surface area contributed by atoms with Crippen molar-refractivity contribution >= 4 is 28.9 Å². The lowest BCUT2D eigenvalue weighted by Gasteiger charge is -1.99. The summed E-state index contributed by atoms with van der Waals surface area (Å²) in [5.74, 6) is 0.355. The van der Waals surface area contributed by atoms with Crippen molar-refractivity contribution in [2.45, 2.75) is 13.0 Å². The highest BCUT2D eigenvalue weighted by Gasteiger charge is 2.11. The van der Waals surface area contributed by atoms with Gasteiger partial charge in [0.2, 0.25) is 5.82 Å². The van der Waals surface area contributed by atoms with Gasteiger partial charge in [0.05, 0.1) is 6.42 Å². The van der Waals surface area contributed by atoms with Crippen molar-refractivity contribution in [1.29, 1.82) is 0 Å². The van der Waals surface area contributed by atoms with E-state index in [0.29, 0.717) is 10.8 Å². The highest BCUT2D eigenvalue weighted by molar-refractivity contribution is 7.07. The van der Waals surface area contributed by atoms with E-state index in [2.05, 4.69) is 10.1 Å². The molecule has 0 aliphatic rings. The lowest BCUT2D eigenvalue weighted by Crippen LogP contribution is -2.07. The predicted octanol–water partition coefficient (Wildman–Crippen LogP) is 3.74. The summed E-state index contributed by atoms with van der Waals surface area (Å²) in [4.78, 5) is 15.9. The second kappa shape index (κ2) is 6.72. The Morgan fingerprint density at radius 1 is 1.27 bits per heavy atom. The van der Waals surface area contributed by atoms with E-state index < -0.39 is 0 Å². The number of carbonyl (C=O) groups is 1. The molecule has 0 radical (unpaired) electrons. The van der Waals surface area contributed by atoms with Gasteiger partial charge in [0.15, 0.2) is 6.61 Å². The smallest absolute Gasteiger partial charge is 0.310 e. The molecule has 7 heteroatoms. The van der Waals surface area contributed by atoms with E-state index in [1.807, 2.05) is 16.8 Å². The summed E-state index contributed by atoms with van der Waals surface area (Å²) in [6.07, 6.45) is 0.238. The maximum absolute atomic E-state index is 11.7. The first-order valence-electron chi connectivity index (χ1n) is 6.46. The lowest BCUT2D eigenvalue weighted by molar-refractivity contribution is -0.144. The van der Waals surface area contributed by atoms with Crippen LogP contribution in [-0.2, 0) is 22.6 Å². The zero-order chi connectivity index (χ0) is 15.4. The Hall–Kier alpha value is -2.18. The number of ether oxygens (including phenoxy) is 1. The van der Waals surface area contributed by atoms with Gasteiger partial charge in [-0.3, -0.25) is 4.79 Å². The molecule has 2 heterocycles. The Morgan fingerprint density at radius 2 is 2.09 bits per heavy atom. The Balaban J connectivity index is 1.57. The van der Waals surface area contributed by atoms with E-state index in [4.69, 9.17) is 20.9 Å². The first-order valence-corrected chi connectivity index (χ1v) is 7.78. The monoisotopic (exact) mass is 334 g/mol. The number of benzene rings is 1.